The summed E-state index contributed by atoms with van der Waals surface area (Å²) < 4.78 is 0. The second-order valence-electron chi connectivity index (χ2n) is 9.21. The molecule has 3 heterocycles. The summed E-state index contributed by atoms with van der Waals surface area (Å²) in [5, 5.41) is 0. The smallest absolute Gasteiger partial charge is 0.257 e. The van der Waals surface area contributed by atoms with Gasteiger partial charge in [-0.05, 0) is 57.4 Å². The Bertz CT molecular complexity index is 938. The number of carbonyl (C=O) groups excluding carboxylic acids is 2. The van der Waals surface area contributed by atoms with Gasteiger partial charge in [0.25, 0.3) is 5.91 Å². The molecule has 1 unspecified atom stereocenters. The van der Waals surface area contributed by atoms with Crippen molar-refractivity contribution in [3.63, 3.8) is 0 Å². The minimum atomic E-state index is 0.0117. The number of piperidine rings is 1. The van der Waals surface area contributed by atoms with Gasteiger partial charge in [0, 0.05) is 38.3 Å². The molecular weight excluding hydrogens is 400 g/mol. The highest BCUT2D eigenvalue weighted by molar-refractivity contribution is 5.95. The Balaban J connectivity index is 1.35. The molecule has 0 aliphatic carbocycles. The van der Waals surface area contributed by atoms with Crippen molar-refractivity contribution in [3.05, 3.63) is 59.2 Å². The predicted octanol–water partition coefficient (Wildman–Crippen LogP) is 3.82. The molecule has 2 aliphatic heterocycles. The van der Waals surface area contributed by atoms with Crippen LogP contribution in [0, 0.1) is 25.7 Å². The second-order valence-corrected chi connectivity index (χ2v) is 9.21. The molecule has 2 saturated heterocycles. The first kappa shape index (κ1) is 22.4. The Kier molecular flexibility index (Phi) is 7.18. The highest BCUT2D eigenvalue weighted by Crippen LogP contribution is 2.32. The normalized spacial score (nSPS) is 20.3. The molecule has 0 saturated carbocycles. The minimum Gasteiger partial charge on any atom is -0.342 e. The largest absolute Gasteiger partial charge is 0.342 e. The van der Waals surface area contributed by atoms with E-state index in [9.17, 15) is 9.59 Å². The summed E-state index contributed by atoms with van der Waals surface area (Å²) in [5.41, 5.74) is 2.60. The summed E-state index contributed by atoms with van der Waals surface area (Å²) in [4.78, 5) is 38.9. The van der Waals surface area contributed by atoms with Gasteiger partial charge in [0.2, 0.25) is 5.91 Å². The number of likely N-dealkylation sites (tertiary alicyclic amines) is 2. The first-order chi connectivity index (χ1) is 15.5. The van der Waals surface area contributed by atoms with E-state index in [0.717, 1.165) is 57.3 Å². The van der Waals surface area contributed by atoms with Crippen molar-refractivity contribution in [2.45, 2.75) is 52.4 Å². The zero-order valence-electron chi connectivity index (χ0n) is 19.3. The van der Waals surface area contributed by atoms with Crippen LogP contribution >= 0.6 is 0 Å². The van der Waals surface area contributed by atoms with Crippen LogP contribution in [0.3, 0.4) is 0 Å². The van der Waals surface area contributed by atoms with Gasteiger partial charge in [0.15, 0.2) is 0 Å². The Morgan fingerprint density at radius 3 is 2.50 bits per heavy atom. The monoisotopic (exact) mass is 434 g/mol. The number of nitrogens with zero attached hydrogens (tertiary/aromatic N) is 4. The number of carbonyl (C=O) groups is 2. The standard InChI is InChI=1S/C26H34N4O2/c1-19-24(18-27-20(2)28-19)26(32)30-16-12-22(13-17-30)23-10-6-7-14-29(25(23)31)15-11-21-8-4-3-5-9-21/h3-5,8-9,18,22-23H,6-7,10-17H2,1-2H3. The van der Waals surface area contributed by atoms with Crippen LogP contribution in [0.5, 0.6) is 0 Å². The van der Waals surface area contributed by atoms with Crippen LogP contribution in [0.1, 0.15) is 59.5 Å². The van der Waals surface area contributed by atoms with Crippen LogP contribution in [0.15, 0.2) is 36.5 Å². The van der Waals surface area contributed by atoms with Crippen LogP contribution in [-0.4, -0.2) is 57.8 Å². The topological polar surface area (TPSA) is 66.4 Å². The molecule has 2 aromatic rings. The molecule has 170 valence electrons. The Labute approximate surface area is 191 Å². The average Bonchev–Trinajstić information content (AvgIpc) is 2.99. The maximum atomic E-state index is 13.4. The maximum absolute atomic E-state index is 13.4. The number of amides is 2. The van der Waals surface area contributed by atoms with Gasteiger partial charge in [-0.15, -0.1) is 0 Å². The van der Waals surface area contributed by atoms with Crippen LogP contribution in [0.25, 0.3) is 0 Å². The number of rotatable bonds is 5. The third kappa shape index (κ3) is 5.17. The van der Waals surface area contributed by atoms with E-state index in [1.807, 2.05) is 24.8 Å². The summed E-state index contributed by atoms with van der Waals surface area (Å²) in [7, 11) is 0. The van der Waals surface area contributed by atoms with Gasteiger partial charge in [0.05, 0.1) is 11.3 Å². The lowest BCUT2D eigenvalue weighted by Crippen LogP contribution is -2.44. The number of aromatic nitrogens is 2. The van der Waals surface area contributed by atoms with Crippen molar-refractivity contribution in [1.82, 2.24) is 19.8 Å². The van der Waals surface area contributed by atoms with E-state index in [2.05, 4.69) is 39.1 Å². The van der Waals surface area contributed by atoms with Crippen molar-refractivity contribution in [3.8, 4) is 0 Å². The van der Waals surface area contributed by atoms with Crippen molar-refractivity contribution in [1.29, 1.82) is 0 Å². The molecule has 32 heavy (non-hydrogen) atoms. The van der Waals surface area contributed by atoms with Gasteiger partial charge in [-0.1, -0.05) is 36.8 Å². The lowest BCUT2D eigenvalue weighted by atomic mass is 9.81. The minimum absolute atomic E-state index is 0.0117. The fourth-order valence-electron chi connectivity index (χ4n) is 5.17. The second kappa shape index (κ2) is 10.2. The first-order valence-electron chi connectivity index (χ1n) is 11.9. The Morgan fingerprint density at radius 1 is 1.03 bits per heavy atom. The molecule has 2 aliphatic rings. The lowest BCUT2D eigenvalue weighted by Gasteiger charge is -2.36. The summed E-state index contributed by atoms with van der Waals surface area (Å²) in [6, 6.07) is 10.4. The van der Waals surface area contributed by atoms with Crippen molar-refractivity contribution < 1.29 is 9.59 Å². The van der Waals surface area contributed by atoms with Crippen LogP contribution in [0.4, 0.5) is 0 Å². The summed E-state index contributed by atoms with van der Waals surface area (Å²) >= 11 is 0. The molecule has 1 atom stereocenters. The zero-order valence-corrected chi connectivity index (χ0v) is 19.3. The van der Waals surface area contributed by atoms with Gasteiger partial charge in [-0.25, -0.2) is 9.97 Å². The lowest BCUT2D eigenvalue weighted by molar-refractivity contribution is -0.137. The molecule has 1 aromatic heterocycles. The fourth-order valence-corrected chi connectivity index (χ4v) is 5.17. The first-order valence-corrected chi connectivity index (χ1v) is 11.9. The molecule has 4 rings (SSSR count). The molecule has 0 radical (unpaired) electrons. The maximum Gasteiger partial charge on any atom is 0.257 e. The third-order valence-electron chi connectivity index (χ3n) is 7.06. The van der Waals surface area contributed by atoms with E-state index < -0.39 is 0 Å². The third-order valence-corrected chi connectivity index (χ3v) is 7.06. The molecule has 0 bridgehead atoms. The fraction of sp³-hybridized carbons (Fsp3) is 0.538. The number of hydrogen-bond donors (Lipinski definition) is 0. The van der Waals surface area contributed by atoms with E-state index in [1.165, 1.54) is 5.56 Å². The van der Waals surface area contributed by atoms with Gasteiger partial charge in [0.1, 0.15) is 5.82 Å². The van der Waals surface area contributed by atoms with Gasteiger partial charge in [-0.2, -0.15) is 0 Å². The summed E-state index contributed by atoms with van der Waals surface area (Å²) in [6.07, 6.45) is 7.50. The Morgan fingerprint density at radius 2 is 1.78 bits per heavy atom. The molecule has 2 amide bonds. The van der Waals surface area contributed by atoms with Crippen LogP contribution < -0.4 is 0 Å². The highest BCUT2D eigenvalue weighted by atomic mass is 16.2. The molecule has 0 N–H and O–H groups in total. The van der Waals surface area contributed by atoms with E-state index in [4.69, 9.17) is 0 Å². The quantitative estimate of drug-likeness (QED) is 0.718. The number of aryl methyl sites for hydroxylation is 2. The van der Waals surface area contributed by atoms with E-state index in [1.54, 1.807) is 6.20 Å². The van der Waals surface area contributed by atoms with E-state index in [0.29, 0.717) is 36.3 Å². The molecular formula is C26H34N4O2. The van der Waals surface area contributed by atoms with Crippen molar-refractivity contribution >= 4 is 11.8 Å². The summed E-state index contributed by atoms with van der Waals surface area (Å²) in [6.45, 7) is 6.76. The van der Waals surface area contributed by atoms with Gasteiger partial charge >= 0.3 is 0 Å². The van der Waals surface area contributed by atoms with Crippen LogP contribution in [-0.2, 0) is 11.2 Å². The molecule has 6 heteroatoms. The van der Waals surface area contributed by atoms with Gasteiger partial charge in [-0.3, -0.25) is 9.59 Å². The van der Waals surface area contributed by atoms with E-state index in [-0.39, 0.29) is 11.8 Å². The summed E-state index contributed by atoms with van der Waals surface area (Å²) in [5.74, 6) is 1.47. The number of hydrogen-bond acceptors (Lipinski definition) is 4. The number of benzene rings is 1. The Hall–Kier alpha value is -2.76. The molecule has 6 nitrogen and oxygen atoms in total. The molecule has 1 aromatic carbocycles. The molecule has 0 spiro atoms. The SMILES string of the molecule is Cc1ncc(C(=O)N2CCC(C3CCCCN(CCc4ccccc4)C3=O)CC2)c(C)n1. The van der Waals surface area contributed by atoms with Crippen LogP contribution in [0.2, 0.25) is 0 Å². The zero-order chi connectivity index (χ0) is 22.5. The average molecular weight is 435 g/mol. The van der Waals surface area contributed by atoms with E-state index >= 15 is 0 Å². The van der Waals surface area contributed by atoms with Crippen molar-refractivity contribution in [2.75, 3.05) is 26.2 Å². The predicted molar refractivity (Wildman–Crippen MR) is 124 cm³/mol. The van der Waals surface area contributed by atoms with Gasteiger partial charge < -0.3 is 9.80 Å². The molecule has 2 fully saturated rings. The highest BCUT2D eigenvalue weighted by Gasteiger charge is 2.36. The van der Waals surface area contributed by atoms with Crippen molar-refractivity contribution in [2.24, 2.45) is 11.8 Å².